The molecule has 1 heterocycles. The van der Waals surface area contributed by atoms with Gasteiger partial charge in [-0.25, -0.2) is 4.39 Å². The molecular formula is C17H24FN3. The van der Waals surface area contributed by atoms with Gasteiger partial charge in [-0.05, 0) is 30.7 Å². The molecule has 0 amide bonds. The maximum Gasteiger partial charge on any atom is 0.123 e. The number of aryl methyl sites for hydroxylation is 1. The van der Waals surface area contributed by atoms with E-state index >= 15 is 0 Å². The molecule has 0 aliphatic heterocycles. The lowest BCUT2D eigenvalue weighted by molar-refractivity contribution is 0.543. The maximum absolute atomic E-state index is 12.8. The number of hydrogen-bond acceptors (Lipinski definition) is 2. The predicted molar refractivity (Wildman–Crippen MR) is 83.7 cm³/mol. The number of nitrogens with one attached hydrogen (secondary N) is 1. The zero-order valence-corrected chi connectivity index (χ0v) is 13.3. The number of halogens is 1. The molecule has 21 heavy (non-hydrogen) atoms. The third-order valence-corrected chi connectivity index (χ3v) is 3.43. The predicted octanol–water partition coefficient (Wildman–Crippen LogP) is 3.19. The molecule has 0 spiro atoms. The molecule has 0 radical (unpaired) electrons. The zero-order valence-electron chi connectivity index (χ0n) is 13.3. The Bertz CT molecular complexity index is 579. The van der Waals surface area contributed by atoms with Crippen LogP contribution in [0.4, 0.5) is 4.39 Å². The normalized spacial score (nSPS) is 11.9. The largest absolute Gasteiger partial charge is 0.312 e. The Morgan fingerprint density at radius 3 is 2.48 bits per heavy atom. The second-order valence-electron chi connectivity index (χ2n) is 6.48. The van der Waals surface area contributed by atoms with Crippen LogP contribution < -0.4 is 5.32 Å². The van der Waals surface area contributed by atoms with Gasteiger partial charge in [0.05, 0.1) is 5.69 Å². The summed E-state index contributed by atoms with van der Waals surface area (Å²) in [5.41, 5.74) is 3.57. The fourth-order valence-corrected chi connectivity index (χ4v) is 2.41. The van der Waals surface area contributed by atoms with Gasteiger partial charge in [0, 0.05) is 30.8 Å². The summed E-state index contributed by atoms with van der Waals surface area (Å²) in [7, 11) is 1.96. The molecule has 3 nitrogen and oxygen atoms in total. The van der Waals surface area contributed by atoms with E-state index in [9.17, 15) is 4.39 Å². The lowest BCUT2D eigenvalue weighted by Gasteiger charge is -2.17. The van der Waals surface area contributed by atoms with E-state index in [1.54, 1.807) is 0 Å². The van der Waals surface area contributed by atoms with Crippen LogP contribution in [0, 0.1) is 5.82 Å². The van der Waals surface area contributed by atoms with E-state index < -0.39 is 0 Å². The zero-order chi connectivity index (χ0) is 15.5. The van der Waals surface area contributed by atoms with Crippen molar-refractivity contribution in [2.75, 3.05) is 6.54 Å². The van der Waals surface area contributed by atoms with Crippen molar-refractivity contribution in [3.8, 4) is 0 Å². The number of aromatic nitrogens is 2. The summed E-state index contributed by atoms with van der Waals surface area (Å²) < 4.78 is 14.7. The molecule has 114 valence electrons. The first-order valence-corrected chi connectivity index (χ1v) is 7.34. The molecule has 0 unspecified atom stereocenters. The third kappa shape index (κ3) is 4.39. The summed E-state index contributed by atoms with van der Waals surface area (Å²) in [5, 5.41) is 8.01. The van der Waals surface area contributed by atoms with Crippen molar-refractivity contribution in [1.82, 2.24) is 15.1 Å². The van der Waals surface area contributed by atoms with Gasteiger partial charge in [-0.15, -0.1) is 0 Å². The molecule has 2 aromatic rings. The van der Waals surface area contributed by atoms with Crippen molar-refractivity contribution >= 4 is 0 Å². The minimum Gasteiger partial charge on any atom is -0.312 e. The average molecular weight is 289 g/mol. The highest BCUT2D eigenvalue weighted by Gasteiger charge is 2.21. The van der Waals surface area contributed by atoms with Crippen LogP contribution in [-0.4, -0.2) is 16.3 Å². The van der Waals surface area contributed by atoms with Crippen molar-refractivity contribution in [3.05, 3.63) is 53.1 Å². The first kappa shape index (κ1) is 15.7. The van der Waals surface area contributed by atoms with E-state index in [4.69, 9.17) is 0 Å². The van der Waals surface area contributed by atoms with E-state index in [1.807, 2.05) is 23.9 Å². The van der Waals surface area contributed by atoms with Crippen LogP contribution >= 0.6 is 0 Å². The molecular weight excluding hydrogens is 265 g/mol. The van der Waals surface area contributed by atoms with Crippen molar-refractivity contribution in [2.24, 2.45) is 7.05 Å². The van der Waals surface area contributed by atoms with Crippen molar-refractivity contribution in [3.63, 3.8) is 0 Å². The van der Waals surface area contributed by atoms with E-state index in [0.717, 1.165) is 30.8 Å². The monoisotopic (exact) mass is 289 g/mol. The van der Waals surface area contributed by atoms with Crippen LogP contribution in [0.25, 0.3) is 0 Å². The van der Waals surface area contributed by atoms with E-state index in [-0.39, 0.29) is 11.2 Å². The van der Waals surface area contributed by atoms with Gasteiger partial charge in [0.25, 0.3) is 0 Å². The van der Waals surface area contributed by atoms with Crippen LogP contribution in [0.5, 0.6) is 0 Å². The third-order valence-electron chi connectivity index (χ3n) is 3.43. The van der Waals surface area contributed by atoms with E-state index in [0.29, 0.717) is 0 Å². The molecule has 0 atom stereocenters. The fraction of sp³-hybridized carbons (Fsp3) is 0.471. The van der Waals surface area contributed by atoms with Gasteiger partial charge in [-0.2, -0.15) is 5.10 Å². The number of benzene rings is 1. The van der Waals surface area contributed by atoms with Gasteiger partial charge in [0.15, 0.2) is 0 Å². The second kappa shape index (κ2) is 6.39. The summed E-state index contributed by atoms with van der Waals surface area (Å²) in [6.45, 7) is 8.21. The second-order valence-corrected chi connectivity index (χ2v) is 6.48. The highest BCUT2D eigenvalue weighted by atomic mass is 19.1. The highest BCUT2D eigenvalue weighted by Crippen LogP contribution is 2.23. The molecule has 0 fully saturated rings. The molecule has 0 bridgehead atoms. The Hall–Kier alpha value is -1.68. The van der Waals surface area contributed by atoms with Crippen LogP contribution in [0.1, 0.15) is 37.6 Å². The SMILES string of the molecule is Cn1cc(CNCCc2ccc(F)cc2)c(C(C)(C)C)n1. The molecule has 2 rings (SSSR count). The molecule has 1 N–H and O–H groups in total. The molecule has 0 saturated heterocycles. The summed E-state index contributed by atoms with van der Waals surface area (Å²) in [6, 6.07) is 6.69. The first-order chi connectivity index (χ1) is 9.86. The van der Waals surface area contributed by atoms with Gasteiger partial charge < -0.3 is 5.32 Å². The van der Waals surface area contributed by atoms with Crippen LogP contribution in [0.3, 0.4) is 0 Å². The first-order valence-electron chi connectivity index (χ1n) is 7.34. The molecule has 4 heteroatoms. The van der Waals surface area contributed by atoms with Crippen molar-refractivity contribution in [1.29, 1.82) is 0 Å². The summed E-state index contributed by atoms with van der Waals surface area (Å²) >= 11 is 0. The van der Waals surface area contributed by atoms with Gasteiger partial charge in [-0.3, -0.25) is 4.68 Å². The smallest absolute Gasteiger partial charge is 0.123 e. The Balaban J connectivity index is 1.88. The Morgan fingerprint density at radius 1 is 1.19 bits per heavy atom. The molecule has 1 aromatic heterocycles. The fourth-order valence-electron chi connectivity index (χ4n) is 2.41. The highest BCUT2D eigenvalue weighted by molar-refractivity contribution is 5.24. The quantitative estimate of drug-likeness (QED) is 0.857. The number of nitrogens with zero attached hydrogens (tertiary/aromatic N) is 2. The molecule has 0 aliphatic carbocycles. The molecule has 0 saturated carbocycles. The Kier molecular flexibility index (Phi) is 4.78. The van der Waals surface area contributed by atoms with Gasteiger partial charge in [-0.1, -0.05) is 32.9 Å². The number of rotatable bonds is 5. The van der Waals surface area contributed by atoms with E-state index in [1.165, 1.54) is 17.7 Å². The summed E-state index contributed by atoms with van der Waals surface area (Å²) in [4.78, 5) is 0. The lowest BCUT2D eigenvalue weighted by Crippen LogP contribution is -2.20. The Labute approximate surface area is 126 Å². The van der Waals surface area contributed by atoms with Gasteiger partial charge >= 0.3 is 0 Å². The number of hydrogen-bond donors (Lipinski definition) is 1. The summed E-state index contributed by atoms with van der Waals surface area (Å²) in [5.74, 6) is -0.183. The van der Waals surface area contributed by atoms with Gasteiger partial charge in [0.1, 0.15) is 5.82 Å². The van der Waals surface area contributed by atoms with Crippen LogP contribution in [0.2, 0.25) is 0 Å². The van der Waals surface area contributed by atoms with Crippen molar-refractivity contribution in [2.45, 2.75) is 39.2 Å². The maximum atomic E-state index is 12.8. The summed E-state index contributed by atoms with van der Waals surface area (Å²) in [6.07, 6.45) is 2.97. The minimum absolute atomic E-state index is 0.0508. The standard InChI is InChI=1S/C17H24FN3/c1-17(2,3)16-14(12-21(4)20-16)11-19-10-9-13-5-7-15(18)8-6-13/h5-8,12,19H,9-11H2,1-4H3. The minimum atomic E-state index is -0.183. The van der Waals surface area contributed by atoms with Gasteiger partial charge in [0.2, 0.25) is 0 Å². The molecule has 1 aromatic carbocycles. The van der Waals surface area contributed by atoms with Crippen molar-refractivity contribution < 1.29 is 4.39 Å². The topological polar surface area (TPSA) is 29.9 Å². The lowest BCUT2D eigenvalue weighted by atomic mass is 9.89. The van der Waals surface area contributed by atoms with Crippen LogP contribution in [0.15, 0.2) is 30.5 Å². The Morgan fingerprint density at radius 2 is 1.86 bits per heavy atom. The van der Waals surface area contributed by atoms with Crippen LogP contribution in [-0.2, 0) is 25.4 Å². The van der Waals surface area contributed by atoms with E-state index in [2.05, 4.69) is 37.4 Å². The molecule has 0 aliphatic rings. The average Bonchev–Trinajstić information content (AvgIpc) is 2.78.